The van der Waals surface area contributed by atoms with Crippen molar-refractivity contribution in [3.05, 3.63) is 92.5 Å². The van der Waals surface area contributed by atoms with E-state index in [0.717, 1.165) is 6.08 Å². The van der Waals surface area contributed by atoms with Crippen molar-refractivity contribution in [3.8, 4) is 23.4 Å². The van der Waals surface area contributed by atoms with E-state index in [2.05, 4.69) is 4.98 Å². The highest BCUT2D eigenvalue weighted by atomic mass is 35.5. The lowest BCUT2D eigenvalue weighted by molar-refractivity contribution is -0.149. The van der Waals surface area contributed by atoms with Crippen molar-refractivity contribution in [1.82, 2.24) is 4.98 Å². The van der Waals surface area contributed by atoms with Gasteiger partial charge in [-0.25, -0.2) is 0 Å². The first-order valence-electron chi connectivity index (χ1n) is 14.4. The lowest BCUT2D eigenvalue weighted by Crippen LogP contribution is -2.14. The Bertz CT molecular complexity index is 1730. The smallest absolute Gasteiger partial charge is 0.426 e. The van der Waals surface area contributed by atoms with Crippen LogP contribution in [0.2, 0.25) is 15.2 Å². The van der Waals surface area contributed by atoms with E-state index in [9.17, 15) is 23.2 Å². The number of hydrogen-bond donors (Lipinski definition) is 0. The Morgan fingerprint density at radius 3 is 2.22 bits per heavy atom. The van der Waals surface area contributed by atoms with Crippen LogP contribution in [0.25, 0.3) is 0 Å². The van der Waals surface area contributed by atoms with E-state index < -0.39 is 47.3 Å². The van der Waals surface area contributed by atoms with Gasteiger partial charge in [-0.15, -0.1) is 0 Å². The number of allylic oxidation sites excluding steroid dienone is 2. The standard InChI is InChI=1S/C23H19ClF3NO3.C9H11Cl3NO3PS/c1-22(2)17(12-19(24)23(25,26)27)20(22)21(29)31-18(13-28)14-7-6-10-16(11-14)30-15-8-4-3-5-9-15;1-3-14-17(18,15-4-2)16-9-7(11)5-6(10)8(12)13-9/h3-12,17-18,20H,1-2H3;5H,3-4H2,1-2H3/b19-12-;/t17-,18?,20-;/m0./s1. The molecule has 8 nitrogen and oxygen atoms in total. The molecular weight excluding hydrogens is 770 g/mol. The van der Waals surface area contributed by atoms with Crippen LogP contribution in [0.3, 0.4) is 0 Å². The number of aromatic nitrogens is 1. The van der Waals surface area contributed by atoms with Crippen molar-refractivity contribution < 1.29 is 41.0 Å². The third-order valence-corrected chi connectivity index (χ3v) is 10.6. The topological polar surface area (TPSA) is 99.9 Å². The summed E-state index contributed by atoms with van der Waals surface area (Å²) in [5.41, 5.74) is -0.371. The zero-order chi connectivity index (χ0) is 36.6. The summed E-state index contributed by atoms with van der Waals surface area (Å²) < 4.78 is 65.3. The molecular formula is C32H30Cl4F3N2O6PS. The van der Waals surface area contributed by atoms with Gasteiger partial charge in [0, 0.05) is 17.4 Å². The molecule has 1 saturated carbocycles. The molecule has 3 aromatic rings. The van der Waals surface area contributed by atoms with Crippen molar-refractivity contribution in [2.24, 2.45) is 17.3 Å². The first kappa shape index (κ1) is 40.8. The van der Waals surface area contributed by atoms with Crippen LogP contribution in [-0.2, 0) is 30.4 Å². The molecule has 0 saturated heterocycles. The van der Waals surface area contributed by atoms with Gasteiger partial charge in [-0.2, -0.15) is 23.4 Å². The van der Waals surface area contributed by atoms with Gasteiger partial charge in [0.15, 0.2) is 5.15 Å². The van der Waals surface area contributed by atoms with Gasteiger partial charge in [-0.3, -0.25) is 13.8 Å². The Morgan fingerprint density at radius 2 is 1.65 bits per heavy atom. The Labute approximate surface area is 307 Å². The Kier molecular flexibility index (Phi) is 14.6. The molecule has 1 aliphatic carbocycles. The van der Waals surface area contributed by atoms with Gasteiger partial charge >= 0.3 is 18.9 Å². The quantitative estimate of drug-likeness (QED) is 0.101. The summed E-state index contributed by atoms with van der Waals surface area (Å²) in [6, 6.07) is 18.9. The summed E-state index contributed by atoms with van der Waals surface area (Å²) in [6.45, 7) is 4.66. The van der Waals surface area contributed by atoms with Gasteiger partial charge in [0.1, 0.15) is 27.6 Å². The van der Waals surface area contributed by atoms with E-state index in [1.807, 2.05) is 24.3 Å². The number of hydrogen-bond acceptors (Lipinski definition) is 9. The van der Waals surface area contributed by atoms with Crippen LogP contribution in [-0.4, -0.2) is 30.3 Å². The number of benzene rings is 2. The largest absolute Gasteiger partial charge is 0.457 e. The van der Waals surface area contributed by atoms with Gasteiger partial charge in [0.05, 0.1) is 24.2 Å². The molecule has 2 aromatic carbocycles. The van der Waals surface area contributed by atoms with E-state index in [1.54, 1.807) is 64.1 Å². The van der Waals surface area contributed by atoms with E-state index in [0.29, 0.717) is 30.3 Å². The third-order valence-electron chi connectivity index (χ3n) is 6.88. The molecule has 17 heteroatoms. The summed E-state index contributed by atoms with van der Waals surface area (Å²) in [5.74, 6) is -1.22. The molecule has 0 aliphatic heterocycles. The second-order valence-corrected chi connectivity index (χ2v) is 15.2. The first-order chi connectivity index (χ1) is 22.9. The molecule has 1 unspecified atom stereocenters. The highest BCUT2D eigenvalue weighted by molar-refractivity contribution is 8.07. The number of nitriles is 1. The molecule has 0 bridgehead atoms. The highest BCUT2D eigenvalue weighted by Gasteiger charge is 2.62. The minimum absolute atomic E-state index is 0.0521. The van der Waals surface area contributed by atoms with E-state index >= 15 is 0 Å². The van der Waals surface area contributed by atoms with E-state index in [-0.39, 0.29) is 21.1 Å². The lowest BCUT2D eigenvalue weighted by Gasteiger charge is -2.20. The number of carbonyl (C=O) groups is 1. The summed E-state index contributed by atoms with van der Waals surface area (Å²) in [5, 5.41) is 8.73. The molecule has 49 heavy (non-hydrogen) atoms. The SMILES string of the molecule is CC1(C)[C@H](C(=O)OC(C#N)c2cccc(Oc3ccccc3)c2)[C@@H]1/C=C(\Cl)C(F)(F)F.CCOP(=S)(OCC)Oc1nc(Cl)c(Cl)cc1Cl. The number of ether oxygens (including phenoxy) is 2. The molecule has 3 atom stereocenters. The van der Waals surface area contributed by atoms with Crippen LogP contribution >= 0.6 is 53.1 Å². The minimum Gasteiger partial charge on any atom is -0.457 e. The molecule has 1 aromatic heterocycles. The fourth-order valence-corrected chi connectivity index (χ4v) is 7.15. The Balaban J connectivity index is 0.000000308. The van der Waals surface area contributed by atoms with Gasteiger partial charge < -0.3 is 14.0 Å². The molecule has 1 aliphatic rings. The number of nitrogens with zero attached hydrogens (tertiary/aromatic N) is 2. The average Bonchev–Trinajstić information content (AvgIpc) is 3.58. The zero-order valence-corrected chi connectivity index (χ0v) is 31.1. The second-order valence-electron chi connectivity index (χ2n) is 10.7. The maximum absolute atomic E-state index is 12.7. The summed E-state index contributed by atoms with van der Waals surface area (Å²) in [4.78, 5) is 16.5. The van der Waals surface area contributed by atoms with Crippen LogP contribution in [0.5, 0.6) is 17.4 Å². The average molecular weight is 800 g/mol. The predicted octanol–water partition coefficient (Wildman–Crippen LogP) is 11.3. The lowest BCUT2D eigenvalue weighted by atomic mass is 10.1. The molecule has 0 N–H and O–H groups in total. The number of alkyl halides is 3. The minimum atomic E-state index is -4.68. The predicted molar refractivity (Wildman–Crippen MR) is 186 cm³/mol. The third kappa shape index (κ3) is 11.5. The number of pyridine rings is 1. The number of rotatable bonds is 12. The fourth-order valence-electron chi connectivity index (χ4n) is 4.42. The van der Waals surface area contributed by atoms with Crippen molar-refractivity contribution in [2.75, 3.05) is 13.2 Å². The zero-order valence-electron chi connectivity index (χ0n) is 26.3. The molecule has 1 heterocycles. The summed E-state index contributed by atoms with van der Waals surface area (Å²) >= 11 is 28.0. The maximum atomic E-state index is 12.7. The molecule has 1 fully saturated rings. The van der Waals surface area contributed by atoms with Crippen LogP contribution in [0, 0.1) is 28.6 Å². The van der Waals surface area contributed by atoms with E-state index in [4.69, 9.17) is 81.3 Å². The number of esters is 1. The number of para-hydroxylation sites is 1. The van der Waals surface area contributed by atoms with Crippen molar-refractivity contribution >= 4 is 70.9 Å². The fraction of sp³-hybridized carbons (Fsp3) is 0.344. The van der Waals surface area contributed by atoms with Crippen LogP contribution in [0.15, 0.2) is 71.8 Å². The van der Waals surface area contributed by atoms with Gasteiger partial charge in [-0.1, -0.05) is 96.7 Å². The summed E-state index contributed by atoms with van der Waals surface area (Å²) in [6.07, 6.45) is -5.07. The molecule has 4 rings (SSSR count). The van der Waals surface area contributed by atoms with Crippen LogP contribution in [0.1, 0.15) is 39.4 Å². The molecule has 264 valence electrons. The monoisotopic (exact) mass is 798 g/mol. The first-order valence-corrected chi connectivity index (χ1v) is 18.5. The van der Waals surface area contributed by atoms with Crippen LogP contribution in [0.4, 0.5) is 13.2 Å². The van der Waals surface area contributed by atoms with Crippen molar-refractivity contribution in [3.63, 3.8) is 0 Å². The maximum Gasteiger partial charge on any atom is 0.426 e. The van der Waals surface area contributed by atoms with Gasteiger partial charge in [-0.05, 0) is 55.5 Å². The number of halogens is 7. The van der Waals surface area contributed by atoms with Gasteiger partial charge in [0.25, 0.3) is 0 Å². The normalized spacial score (nSPS) is 17.6. The Hall–Kier alpha value is -2.59. The summed E-state index contributed by atoms with van der Waals surface area (Å²) in [7, 11) is 0. The number of carbonyl (C=O) groups excluding carboxylic acids is 1. The van der Waals surface area contributed by atoms with E-state index in [1.165, 1.54) is 6.07 Å². The van der Waals surface area contributed by atoms with Crippen molar-refractivity contribution in [2.45, 2.75) is 40.0 Å². The molecule has 0 radical (unpaired) electrons. The second kappa shape index (κ2) is 17.6. The molecule has 0 spiro atoms. The van der Waals surface area contributed by atoms with Gasteiger partial charge in [0.2, 0.25) is 12.0 Å². The highest BCUT2D eigenvalue weighted by Crippen LogP contribution is 2.61. The van der Waals surface area contributed by atoms with Crippen molar-refractivity contribution in [1.29, 1.82) is 5.26 Å². The Morgan fingerprint density at radius 1 is 1.04 bits per heavy atom. The van der Waals surface area contributed by atoms with Crippen LogP contribution < -0.4 is 9.26 Å². The molecule has 0 amide bonds.